The van der Waals surface area contributed by atoms with Gasteiger partial charge in [-0.05, 0) is 57.4 Å². The van der Waals surface area contributed by atoms with Gasteiger partial charge < -0.3 is 5.32 Å². The maximum absolute atomic E-state index is 4.63. The third-order valence-corrected chi connectivity index (χ3v) is 4.00. The minimum absolute atomic E-state index is 0.921. The number of hydrogen-bond acceptors (Lipinski definition) is 2. The van der Waals surface area contributed by atoms with E-state index in [0.29, 0.717) is 0 Å². The van der Waals surface area contributed by atoms with Gasteiger partial charge in [0, 0.05) is 24.3 Å². The number of nitrogens with zero attached hydrogens (tertiary/aromatic N) is 2. The van der Waals surface area contributed by atoms with Crippen molar-refractivity contribution in [3.63, 3.8) is 0 Å². The predicted molar refractivity (Wildman–Crippen MR) is 89.5 cm³/mol. The summed E-state index contributed by atoms with van der Waals surface area (Å²) in [5, 5.41) is 8.09. The number of hydrogen-bond donors (Lipinski definition) is 1. The van der Waals surface area contributed by atoms with Crippen LogP contribution in [0, 0.1) is 20.8 Å². The van der Waals surface area contributed by atoms with Crippen LogP contribution in [-0.4, -0.2) is 16.3 Å². The van der Waals surface area contributed by atoms with Crippen LogP contribution < -0.4 is 5.32 Å². The molecule has 0 atom stereocenters. The van der Waals surface area contributed by atoms with Gasteiger partial charge in [0.2, 0.25) is 0 Å². The van der Waals surface area contributed by atoms with Gasteiger partial charge in [-0.1, -0.05) is 25.1 Å². The summed E-state index contributed by atoms with van der Waals surface area (Å²) in [7, 11) is 0. The summed E-state index contributed by atoms with van der Waals surface area (Å²) in [5.41, 5.74) is 7.66. The van der Waals surface area contributed by atoms with Crippen molar-refractivity contribution >= 4 is 0 Å². The average molecular weight is 285 g/mol. The standard InChI is InChI=1S/C18H27N3/c1-6-10-19-12-16-8-9-17(13(3)11-16)18-14(4)20-21(7-2)15(18)5/h8-9,11,19H,6-7,10,12H2,1-5H3. The van der Waals surface area contributed by atoms with Crippen LogP contribution in [0.2, 0.25) is 0 Å². The van der Waals surface area contributed by atoms with Gasteiger partial charge in [-0.3, -0.25) is 4.68 Å². The lowest BCUT2D eigenvalue weighted by Crippen LogP contribution is -2.13. The summed E-state index contributed by atoms with van der Waals surface area (Å²) in [5.74, 6) is 0. The molecule has 0 spiro atoms. The van der Waals surface area contributed by atoms with Crippen LogP contribution in [0.1, 0.15) is 42.8 Å². The van der Waals surface area contributed by atoms with E-state index in [4.69, 9.17) is 0 Å². The van der Waals surface area contributed by atoms with Crippen LogP contribution in [0.25, 0.3) is 11.1 Å². The van der Waals surface area contributed by atoms with Crippen molar-refractivity contribution in [3.05, 3.63) is 40.7 Å². The normalized spacial score (nSPS) is 11.1. The van der Waals surface area contributed by atoms with Gasteiger partial charge in [0.1, 0.15) is 0 Å². The van der Waals surface area contributed by atoms with E-state index in [1.165, 1.54) is 34.4 Å². The van der Waals surface area contributed by atoms with E-state index >= 15 is 0 Å². The lowest BCUT2D eigenvalue weighted by atomic mass is 9.97. The van der Waals surface area contributed by atoms with E-state index < -0.39 is 0 Å². The van der Waals surface area contributed by atoms with Gasteiger partial charge in [-0.25, -0.2) is 0 Å². The van der Waals surface area contributed by atoms with E-state index in [0.717, 1.165) is 25.3 Å². The second-order valence-electron chi connectivity index (χ2n) is 5.69. The number of aryl methyl sites for hydroxylation is 3. The monoisotopic (exact) mass is 285 g/mol. The summed E-state index contributed by atoms with van der Waals surface area (Å²) < 4.78 is 2.08. The van der Waals surface area contributed by atoms with Gasteiger partial charge in [0.25, 0.3) is 0 Å². The molecule has 1 heterocycles. The molecule has 0 amide bonds. The highest BCUT2D eigenvalue weighted by atomic mass is 15.3. The number of benzene rings is 1. The highest BCUT2D eigenvalue weighted by molar-refractivity contribution is 5.72. The molecule has 21 heavy (non-hydrogen) atoms. The van der Waals surface area contributed by atoms with Crippen molar-refractivity contribution in [2.75, 3.05) is 6.54 Å². The Bertz CT molecular complexity index is 611. The average Bonchev–Trinajstić information content (AvgIpc) is 2.74. The van der Waals surface area contributed by atoms with Gasteiger partial charge in [-0.15, -0.1) is 0 Å². The Labute approximate surface area is 128 Å². The zero-order valence-electron chi connectivity index (χ0n) is 14.0. The molecule has 0 bridgehead atoms. The van der Waals surface area contributed by atoms with Crippen LogP contribution in [0.5, 0.6) is 0 Å². The third-order valence-electron chi connectivity index (χ3n) is 4.00. The quantitative estimate of drug-likeness (QED) is 0.813. The molecule has 1 aromatic heterocycles. The number of nitrogens with one attached hydrogen (secondary N) is 1. The van der Waals surface area contributed by atoms with Gasteiger partial charge in [-0.2, -0.15) is 5.10 Å². The second kappa shape index (κ2) is 6.90. The Morgan fingerprint density at radius 2 is 1.90 bits per heavy atom. The Morgan fingerprint density at radius 3 is 2.48 bits per heavy atom. The van der Waals surface area contributed by atoms with Gasteiger partial charge >= 0.3 is 0 Å². The van der Waals surface area contributed by atoms with Crippen molar-refractivity contribution < 1.29 is 0 Å². The zero-order chi connectivity index (χ0) is 15.4. The first-order chi connectivity index (χ1) is 10.1. The first-order valence-electron chi connectivity index (χ1n) is 7.93. The summed E-state index contributed by atoms with van der Waals surface area (Å²) in [4.78, 5) is 0. The summed E-state index contributed by atoms with van der Waals surface area (Å²) in [6, 6.07) is 6.77. The Morgan fingerprint density at radius 1 is 1.14 bits per heavy atom. The molecule has 0 saturated carbocycles. The third kappa shape index (κ3) is 3.35. The molecule has 2 rings (SSSR count). The Balaban J connectivity index is 2.31. The van der Waals surface area contributed by atoms with Gasteiger partial charge in [0.15, 0.2) is 0 Å². The largest absolute Gasteiger partial charge is 0.313 e. The molecular formula is C18H27N3. The minimum Gasteiger partial charge on any atom is -0.313 e. The first kappa shape index (κ1) is 15.8. The molecular weight excluding hydrogens is 258 g/mol. The SMILES string of the molecule is CCCNCc1ccc(-c2c(C)nn(CC)c2C)c(C)c1. The van der Waals surface area contributed by atoms with E-state index in [-0.39, 0.29) is 0 Å². The van der Waals surface area contributed by atoms with Crippen LogP contribution in [0.3, 0.4) is 0 Å². The van der Waals surface area contributed by atoms with E-state index in [1.54, 1.807) is 0 Å². The topological polar surface area (TPSA) is 29.9 Å². The molecule has 3 heteroatoms. The Hall–Kier alpha value is -1.61. The maximum atomic E-state index is 4.63. The Kier molecular flexibility index (Phi) is 5.18. The molecule has 114 valence electrons. The predicted octanol–water partition coefficient (Wildman–Crippen LogP) is 3.99. The summed E-state index contributed by atoms with van der Waals surface area (Å²) in [6.07, 6.45) is 1.17. The molecule has 0 aliphatic heterocycles. The van der Waals surface area contributed by atoms with E-state index in [9.17, 15) is 0 Å². The van der Waals surface area contributed by atoms with Crippen LogP contribution in [0.4, 0.5) is 0 Å². The lowest BCUT2D eigenvalue weighted by Gasteiger charge is -2.10. The molecule has 0 aliphatic carbocycles. The van der Waals surface area contributed by atoms with Crippen LogP contribution in [-0.2, 0) is 13.1 Å². The van der Waals surface area contributed by atoms with Crippen LogP contribution >= 0.6 is 0 Å². The second-order valence-corrected chi connectivity index (χ2v) is 5.69. The van der Waals surface area contributed by atoms with Crippen LogP contribution in [0.15, 0.2) is 18.2 Å². The molecule has 1 aromatic carbocycles. The van der Waals surface area contributed by atoms with Crippen molar-refractivity contribution in [2.24, 2.45) is 0 Å². The highest BCUT2D eigenvalue weighted by Gasteiger charge is 2.14. The molecule has 0 saturated heterocycles. The summed E-state index contributed by atoms with van der Waals surface area (Å²) in [6.45, 7) is 13.7. The fourth-order valence-electron chi connectivity index (χ4n) is 2.92. The fourth-order valence-corrected chi connectivity index (χ4v) is 2.92. The van der Waals surface area contributed by atoms with Crippen molar-refractivity contribution in [1.29, 1.82) is 0 Å². The smallest absolute Gasteiger partial charge is 0.0675 e. The summed E-state index contributed by atoms with van der Waals surface area (Å²) >= 11 is 0. The zero-order valence-corrected chi connectivity index (χ0v) is 14.0. The molecule has 0 aliphatic rings. The maximum Gasteiger partial charge on any atom is 0.0675 e. The molecule has 1 N–H and O–H groups in total. The van der Waals surface area contributed by atoms with Crippen molar-refractivity contribution in [1.82, 2.24) is 15.1 Å². The van der Waals surface area contributed by atoms with E-state index in [2.05, 4.69) is 67.9 Å². The highest BCUT2D eigenvalue weighted by Crippen LogP contribution is 2.30. The van der Waals surface area contributed by atoms with Crippen molar-refractivity contribution in [2.45, 2.75) is 54.1 Å². The lowest BCUT2D eigenvalue weighted by molar-refractivity contribution is 0.634. The van der Waals surface area contributed by atoms with Crippen molar-refractivity contribution in [3.8, 4) is 11.1 Å². The molecule has 0 unspecified atom stereocenters. The molecule has 2 aromatic rings. The molecule has 0 fully saturated rings. The fraction of sp³-hybridized carbons (Fsp3) is 0.500. The van der Waals surface area contributed by atoms with Gasteiger partial charge in [0.05, 0.1) is 5.69 Å². The minimum atomic E-state index is 0.921. The number of rotatable bonds is 6. The molecule has 0 radical (unpaired) electrons. The molecule has 3 nitrogen and oxygen atoms in total. The number of aromatic nitrogens is 2. The van der Waals surface area contributed by atoms with E-state index in [1.807, 2.05) is 0 Å². The first-order valence-corrected chi connectivity index (χ1v) is 7.93.